The molecule has 26 heavy (non-hydrogen) atoms. The van der Waals surface area contributed by atoms with Gasteiger partial charge in [0, 0.05) is 71.8 Å². The molecule has 8 heteroatoms. The highest BCUT2D eigenvalue weighted by molar-refractivity contribution is 5.80. The molecule has 0 amide bonds. The number of nitrogens with zero attached hydrogens (tertiary/aromatic N) is 6. The summed E-state index contributed by atoms with van der Waals surface area (Å²) in [6, 6.07) is 1.85. The lowest BCUT2D eigenvalue weighted by molar-refractivity contribution is 0.0320. The first-order valence-electron chi connectivity index (χ1n) is 9.54. The molecule has 8 nitrogen and oxygen atoms in total. The van der Waals surface area contributed by atoms with Crippen LogP contribution in [0.3, 0.4) is 0 Å². The van der Waals surface area contributed by atoms with Crippen LogP contribution in [0.4, 0.5) is 5.95 Å². The van der Waals surface area contributed by atoms with Gasteiger partial charge >= 0.3 is 0 Å². The van der Waals surface area contributed by atoms with Crippen molar-refractivity contribution < 1.29 is 4.74 Å². The molecular formula is C18H31N7O. The molecule has 0 saturated carbocycles. The smallest absolute Gasteiger partial charge is 0.225 e. The molecule has 3 rings (SSSR count). The van der Waals surface area contributed by atoms with Crippen molar-refractivity contribution in [2.45, 2.75) is 6.92 Å². The van der Waals surface area contributed by atoms with Crippen LogP contribution in [0.15, 0.2) is 23.5 Å². The Kier molecular flexibility index (Phi) is 7.02. The van der Waals surface area contributed by atoms with E-state index < -0.39 is 0 Å². The topological polar surface area (TPSA) is 69.1 Å². The Labute approximate surface area is 156 Å². The van der Waals surface area contributed by atoms with Gasteiger partial charge in [-0.3, -0.25) is 9.89 Å². The zero-order chi connectivity index (χ0) is 18.2. The fraction of sp³-hybridized carbons (Fsp3) is 0.722. The third-order valence-corrected chi connectivity index (χ3v) is 4.91. The van der Waals surface area contributed by atoms with Crippen LogP contribution in [0.25, 0.3) is 0 Å². The number of anilines is 1. The summed E-state index contributed by atoms with van der Waals surface area (Å²) in [7, 11) is 1.86. The molecule has 2 saturated heterocycles. The summed E-state index contributed by atoms with van der Waals surface area (Å²) in [6.45, 7) is 11.8. The number of rotatable bonds is 5. The molecule has 2 fully saturated rings. The maximum Gasteiger partial charge on any atom is 0.225 e. The standard InChI is InChI=1S/C18H31N7O/c1-16(15-23-10-12-26-13-11-23)14-22-17(19-2)24-6-8-25(9-7-24)18-20-4-3-5-21-18/h3-5,16H,6-15H2,1-2H3,(H,19,22). The molecule has 1 unspecified atom stereocenters. The highest BCUT2D eigenvalue weighted by Gasteiger charge is 2.21. The van der Waals surface area contributed by atoms with E-state index in [1.165, 1.54) is 0 Å². The van der Waals surface area contributed by atoms with Gasteiger partial charge in [-0.25, -0.2) is 9.97 Å². The maximum atomic E-state index is 5.42. The summed E-state index contributed by atoms with van der Waals surface area (Å²) in [6.07, 6.45) is 3.59. The summed E-state index contributed by atoms with van der Waals surface area (Å²) in [4.78, 5) is 20.2. The fourth-order valence-corrected chi connectivity index (χ4v) is 3.46. The molecule has 1 aromatic rings. The third-order valence-electron chi connectivity index (χ3n) is 4.91. The van der Waals surface area contributed by atoms with Crippen molar-refractivity contribution >= 4 is 11.9 Å². The van der Waals surface area contributed by atoms with Gasteiger partial charge in [0.25, 0.3) is 0 Å². The van der Waals surface area contributed by atoms with E-state index in [1.54, 1.807) is 12.4 Å². The largest absolute Gasteiger partial charge is 0.379 e. The van der Waals surface area contributed by atoms with E-state index in [2.05, 4.69) is 41.9 Å². The van der Waals surface area contributed by atoms with E-state index in [4.69, 9.17) is 4.74 Å². The molecule has 1 atom stereocenters. The minimum atomic E-state index is 0.573. The number of ether oxygens (including phenoxy) is 1. The maximum absolute atomic E-state index is 5.42. The number of hydrogen-bond donors (Lipinski definition) is 1. The van der Waals surface area contributed by atoms with Gasteiger partial charge in [0.05, 0.1) is 13.2 Å². The molecule has 2 aliphatic heterocycles. The monoisotopic (exact) mass is 361 g/mol. The van der Waals surface area contributed by atoms with E-state index >= 15 is 0 Å². The zero-order valence-corrected chi connectivity index (χ0v) is 16.0. The van der Waals surface area contributed by atoms with Crippen LogP contribution >= 0.6 is 0 Å². The van der Waals surface area contributed by atoms with E-state index in [-0.39, 0.29) is 0 Å². The highest BCUT2D eigenvalue weighted by Crippen LogP contribution is 2.10. The summed E-state index contributed by atoms with van der Waals surface area (Å²) in [5, 5.41) is 3.55. The Hall–Kier alpha value is -1.93. The minimum absolute atomic E-state index is 0.573. The second kappa shape index (κ2) is 9.68. The number of hydrogen-bond acceptors (Lipinski definition) is 6. The van der Waals surface area contributed by atoms with Crippen molar-refractivity contribution in [3.8, 4) is 0 Å². The normalized spacial score (nSPS) is 20.9. The molecule has 0 spiro atoms. The van der Waals surface area contributed by atoms with Crippen molar-refractivity contribution in [3.05, 3.63) is 18.5 Å². The van der Waals surface area contributed by atoms with Crippen molar-refractivity contribution in [2.75, 3.05) is 77.5 Å². The Balaban J connectivity index is 1.41. The van der Waals surface area contributed by atoms with E-state index in [1.807, 2.05) is 13.1 Å². The van der Waals surface area contributed by atoms with Gasteiger partial charge in [0.2, 0.25) is 5.95 Å². The predicted molar refractivity (Wildman–Crippen MR) is 104 cm³/mol. The van der Waals surface area contributed by atoms with Crippen molar-refractivity contribution in [3.63, 3.8) is 0 Å². The summed E-state index contributed by atoms with van der Waals surface area (Å²) in [5.41, 5.74) is 0. The number of nitrogens with one attached hydrogen (secondary N) is 1. The quantitative estimate of drug-likeness (QED) is 0.591. The number of aliphatic imine (C=N–C) groups is 1. The van der Waals surface area contributed by atoms with Crippen LogP contribution in [0.5, 0.6) is 0 Å². The molecule has 0 aliphatic carbocycles. The Morgan fingerprint density at radius 2 is 1.85 bits per heavy atom. The zero-order valence-electron chi connectivity index (χ0n) is 16.0. The lowest BCUT2D eigenvalue weighted by Gasteiger charge is -2.37. The van der Waals surface area contributed by atoms with Crippen LogP contribution in [0.2, 0.25) is 0 Å². The average Bonchev–Trinajstić information content (AvgIpc) is 2.70. The number of guanidine groups is 1. The molecule has 144 valence electrons. The first-order valence-corrected chi connectivity index (χ1v) is 9.54. The van der Waals surface area contributed by atoms with Gasteiger partial charge in [-0.1, -0.05) is 6.92 Å². The van der Waals surface area contributed by atoms with Crippen LogP contribution < -0.4 is 10.2 Å². The molecule has 0 radical (unpaired) electrons. The van der Waals surface area contributed by atoms with Gasteiger partial charge in [-0.2, -0.15) is 0 Å². The van der Waals surface area contributed by atoms with Crippen LogP contribution in [0.1, 0.15) is 6.92 Å². The third kappa shape index (κ3) is 5.28. The van der Waals surface area contributed by atoms with Crippen molar-refractivity contribution in [2.24, 2.45) is 10.9 Å². The minimum Gasteiger partial charge on any atom is -0.379 e. The molecule has 1 aromatic heterocycles. The summed E-state index contributed by atoms with van der Waals surface area (Å²) < 4.78 is 5.42. The van der Waals surface area contributed by atoms with Gasteiger partial charge in [-0.05, 0) is 12.0 Å². The van der Waals surface area contributed by atoms with Crippen LogP contribution in [0, 0.1) is 5.92 Å². The number of piperazine rings is 1. The molecule has 1 N–H and O–H groups in total. The first kappa shape index (κ1) is 18.8. The number of morpholine rings is 1. The lowest BCUT2D eigenvalue weighted by atomic mass is 10.1. The predicted octanol–water partition coefficient (Wildman–Crippen LogP) is 0.142. The highest BCUT2D eigenvalue weighted by atomic mass is 16.5. The average molecular weight is 361 g/mol. The van der Waals surface area contributed by atoms with Gasteiger partial charge < -0.3 is 19.9 Å². The van der Waals surface area contributed by atoms with Gasteiger partial charge in [-0.15, -0.1) is 0 Å². The van der Waals surface area contributed by atoms with Gasteiger partial charge in [0.1, 0.15) is 0 Å². The Morgan fingerprint density at radius 3 is 2.50 bits per heavy atom. The molecular weight excluding hydrogens is 330 g/mol. The van der Waals surface area contributed by atoms with Crippen molar-refractivity contribution in [1.82, 2.24) is 25.1 Å². The van der Waals surface area contributed by atoms with E-state index in [0.29, 0.717) is 5.92 Å². The van der Waals surface area contributed by atoms with Crippen LogP contribution in [-0.2, 0) is 4.74 Å². The second-order valence-corrected chi connectivity index (χ2v) is 6.97. The van der Waals surface area contributed by atoms with E-state index in [0.717, 1.165) is 77.5 Å². The van der Waals surface area contributed by atoms with Crippen LogP contribution in [-0.4, -0.2) is 98.3 Å². The number of aromatic nitrogens is 2. The molecule has 0 aromatic carbocycles. The van der Waals surface area contributed by atoms with Gasteiger partial charge in [0.15, 0.2) is 5.96 Å². The van der Waals surface area contributed by atoms with Crippen molar-refractivity contribution in [1.29, 1.82) is 0 Å². The molecule has 3 heterocycles. The fourth-order valence-electron chi connectivity index (χ4n) is 3.46. The lowest BCUT2D eigenvalue weighted by Crippen LogP contribution is -2.53. The first-order chi connectivity index (χ1) is 12.8. The second-order valence-electron chi connectivity index (χ2n) is 6.97. The summed E-state index contributed by atoms with van der Waals surface area (Å²) >= 11 is 0. The Bertz CT molecular complexity index is 554. The SMILES string of the molecule is CN=C(NCC(C)CN1CCOCC1)N1CCN(c2ncccn2)CC1. The molecule has 2 aliphatic rings. The van der Waals surface area contributed by atoms with E-state index in [9.17, 15) is 0 Å². The Morgan fingerprint density at radius 1 is 1.15 bits per heavy atom. The summed E-state index contributed by atoms with van der Waals surface area (Å²) in [5.74, 6) is 2.38. The molecule has 0 bridgehead atoms.